The summed E-state index contributed by atoms with van der Waals surface area (Å²) in [7, 11) is 0. The van der Waals surface area contributed by atoms with Crippen molar-refractivity contribution in [2.24, 2.45) is 0 Å². The zero-order chi connectivity index (χ0) is 9.90. The van der Waals surface area contributed by atoms with Gasteiger partial charge in [-0.1, -0.05) is 30.3 Å². The summed E-state index contributed by atoms with van der Waals surface area (Å²) in [4.78, 5) is 0. The highest BCUT2D eigenvalue weighted by Gasteiger charge is 2.31. The molecule has 13 heavy (non-hydrogen) atoms. The minimum atomic E-state index is -4.31. The van der Waals surface area contributed by atoms with Gasteiger partial charge in [0.25, 0.3) is 0 Å². The van der Waals surface area contributed by atoms with Gasteiger partial charge in [0.2, 0.25) is 0 Å². The maximum absolute atomic E-state index is 12.0. The van der Waals surface area contributed by atoms with Crippen LogP contribution in [-0.4, -0.2) is 6.18 Å². The second-order valence-electron chi connectivity index (χ2n) is 2.40. The van der Waals surface area contributed by atoms with Gasteiger partial charge in [-0.3, -0.25) is 0 Å². The lowest BCUT2D eigenvalue weighted by atomic mass is 10.2. The van der Waals surface area contributed by atoms with E-state index < -0.39 is 10.7 Å². The first-order valence-electron chi connectivity index (χ1n) is 3.49. The quantitative estimate of drug-likeness (QED) is 0.708. The molecule has 1 aromatic carbocycles. The summed E-state index contributed by atoms with van der Waals surface area (Å²) in [6.45, 7) is 0. The molecule has 0 N–H and O–H groups in total. The molecule has 0 radical (unpaired) electrons. The standard InChI is InChI=1S/C9H6BrF3/c10-8(9(11,12)13)6-7-4-2-1-3-5-7/h1-6H/b8-6-. The predicted octanol–water partition coefficient (Wildman–Crippen LogP) is 3.98. The molecular formula is C9H6BrF3. The average Bonchev–Trinajstić information content (AvgIpc) is 2.04. The van der Waals surface area contributed by atoms with Crippen LogP contribution in [0.5, 0.6) is 0 Å². The molecular weight excluding hydrogens is 245 g/mol. The molecule has 0 nitrogen and oxygen atoms in total. The van der Waals surface area contributed by atoms with E-state index in [-0.39, 0.29) is 0 Å². The van der Waals surface area contributed by atoms with E-state index in [1.165, 1.54) is 0 Å². The molecule has 0 amide bonds. The molecule has 0 bridgehead atoms. The zero-order valence-corrected chi connectivity index (χ0v) is 8.06. The maximum Gasteiger partial charge on any atom is 0.422 e. The molecule has 0 aliphatic carbocycles. The van der Waals surface area contributed by atoms with E-state index in [0.717, 1.165) is 6.08 Å². The fourth-order valence-corrected chi connectivity index (χ4v) is 1.04. The monoisotopic (exact) mass is 250 g/mol. The first-order chi connectivity index (χ1) is 6.00. The second kappa shape index (κ2) is 3.96. The van der Waals surface area contributed by atoms with Crippen molar-refractivity contribution >= 4 is 22.0 Å². The van der Waals surface area contributed by atoms with Crippen molar-refractivity contribution < 1.29 is 13.2 Å². The van der Waals surface area contributed by atoms with Gasteiger partial charge in [0.15, 0.2) is 0 Å². The van der Waals surface area contributed by atoms with Crippen LogP contribution in [0, 0.1) is 0 Å². The van der Waals surface area contributed by atoms with Gasteiger partial charge < -0.3 is 0 Å². The van der Waals surface area contributed by atoms with E-state index in [1.807, 2.05) is 0 Å². The highest BCUT2D eigenvalue weighted by molar-refractivity contribution is 9.11. The van der Waals surface area contributed by atoms with Gasteiger partial charge in [-0.25, -0.2) is 0 Å². The summed E-state index contributed by atoms with van der Waals surface area (Å²) in [6.07, 6.45) is -3.27. The van der Waals surface area contributed by atoms with Gasteiger partial charge in [0, 0.05) is 0 Å². The lowest BCUT2D eigenvalue weighted by molar-refractivity contribution is -0.0820. The van der Waals surface area contributed by atoms with Crippen LogP contribution in [-0.2, 0) is 0 Å². The highest BCUT2D eigenvalue weighted by Crippen LogP contribution is 2.31. The summed E-state index contributed by atoms with van der Waals surface area (Å²) in [6, 6.07) is 8.32. The molecule has 0 aliphatic rings. The molecule has 0 heterocycles. The van der Waals surface area contributed by atoms with E-state index >= 15 is 0 Å². The SMILES string of the molecule is FC(F)(F)/C(Br)=C/c1ccccc1. The van der Waals surface area contributed by atoms with Gasteiger partial charge in [-0.05, 0) is 27.6 Å². The topological polar surface area (TPSA) is 0 Å². The van der Waals surface area contributed by atoms with Crippen molar-refractivity contribution in [1.29, 1.82) is 0 Å². The largest absolute Gasteiger partial charge is 0.422 e. The Morgan fingerprint density at radius 3 is 2.15 bits per heavy atom. The first kappa shape index (κ1) is 10.3. The molecule has 0 unspecified atom stereocenters. The Balaban J connectivity index is 2.90. The van der Waals surface area contributed by atoms with E-state index in [2.05, 4.69) is 15.9 Å². The van der Waals surface area contributed by atoms with Crippen molar-refractivity contribution in [2.75, 3.05) is 0 Å². The Hall–Kier alpha value is -0.770. The van der Waals surface area contributed by atoms with Crippen molar-refractivity contribution in [3.63, 3.8) is 0 Å². The van der Waals surface area contributed by atoms with Crippen LogP contribution in [0.3, 0.4) is 0 Å². The van der Waals surface area contributed by atoms with Crippen LogP contribution in [0.2, 0.25) is 0 Å². The van der Waals surface area contributed by atoms with E-state index in [4.69, 9.17) is 0 Å². The van der Waals surface area contributed by atoms with Gasteiger partial charge in [-0.2, -0.15) is 13.2 Å². The summed E-state index contributed by atoms with van der Waals surface area (Å²) >= 11 is 2.47. The van der Waals surface area contributed by atoms with E-state index in [9.17, 15) is 13.2 Å². The third-order valence-electron chi connectivity index (χ3n) is 1.36. The fourth-order valence-electron chi connectivity index (χ4n) is 0.777. The van der Waals surface area contributed by atoms with Gasteiger partial charge in [-0.15, -0.1) is 0 Å². The van der Waals surface area contributed by atoms with Gasteiger partial charge >= 0.3 is 6.18 Å². The Morgan fingerprint density at radius 1 is 1.15 bits per heavy atom. The number of allylic oxidation sites excluding steroid dienone is 1. The molecule has 0 atom stereocenters. The number of benzene rings is 1. The number of halogens is 4. The van der Waals surface area contributed by atoms with Crippen LogP contribution >= 0.6 is 15.9 Å². The van der Waals surface area contributed by atoms with Crippen molar-refractivity contribution in [3.05, 3.63) is 40.4 Å². The molecule has 0 saturated heterocycles. The summed E-state index contributed by atoms with van der Waals surface area (Å²) in [5, 5.41) is 0. The molecule has 0 aliphatic heterocycles. The smallest absolute Gasteiger partial charge is 0.166 e. The Morgan fingerprint density at radius 2 is 1.69 bits per heavy atom. The number of alkyl halides is 3. The molecule has 4 heteroatoms. The summed E-state index contributed by atoms with van der Waals surface area (Å²) in [5.41, 5.74) is 0.520. The van der Waals surface area contributed by atoms with Crippen LogP contribution in [0.25, 0.3) is 6.08 Å². The minimum absolute atomic E-state index is 0.520. The summed E-state index contributed by atoms with van der Waals surface area (Å²) in [5.74, 6) is 0. The van der Waals surface area contributed by atoms with E-state index in [0.29, 0.717) is 5.56 Å². The van der Waals surface area contributed by atoms with Crippen molar-refractivity contribution in [3.8, 4) is 0 Å². The second-order valence-corrected chi connectivity index (χ2v) is 3.26. The molecule has 0 fully saturated rings. The number of rotatable bonds is 1. The maximum atomic E-state index is 12.0. The lowest BCUT2D eigenvalue weighted by Gasteiger charge is -2.03. The fraction of sp³-hybridized carbons (Fsp3) is 0.111. The molecule has 0 aromatic heterocycles. The molecule has 0 saturated carbocycles. The third-order valence-corrected chi connectivity index (χ3v) is 2.04. The van der Waals surface area contributed by atoms with Crippen LogP contribution in [0.15, 0.2) is 34.8 Å². The Kier molecular flexibility index (Phi) is 3.14. The number of hydrogen-bond donors (Lipinski definition) is 0. The summed E-state index contributed by atoms with van der Waals surface area (Å²) < 4.78 is 35.3. The zero-order valence-electron chi connectivity index (χ0n) is 6.48. The normalized spacial score (nSPS) is 13.1. The molecule has 1 rings (SSSR count). The predicted molar refractivity (Wildman–Crippen MR) is 49.4 cm³/mol. The van der Waals surface area contributed by atoms with Gasteiger partial charge in [0.1, 0.15) is 0 Å². The van der Waals surface area contributed by atoms with Crippen molar-refractivity contribution in [2.45, 2.75) is 6.18 Å². The molecule has 0 spiro atoms. The molecule has 1 aromatic rings. The Bertz CT molecular complexity index is 300. The average molecular weight is 251 g/mol. The first-order valence-corrected chi connectivity index (χ1v) is 4.29. The highest BCUT2D eigenvalue weighted by atomic mass is 79.9. The van der Waals surface area contributed by atoms with E-state index in [1.54, 1.807) is 30.3 Å². The van der Waals surface area contributed by atoms with Crippen LogP contribution < -0.4 is 0 Å². The van der Waals surface area contributed by atoms with Crippen LogP contribution in [0.4, 0.5) is 13.2 Å². The number of hydrogen-bond acceptors (Lipinski definition) is 0. The molecule has 70 valence electrons. The Labute approximate surface area is 82.2 Å². The van der Waals surface area contributed by atoms with Crippen LogP contribution in [0.1, 0.15) is 5.56 Å². The minimum Gasteiger partial charge on any atom is -0.166 e. The third kappa shape index (κ3) is 3.22. The van der Waals surface area contributed by atoms with Gasteiger partial charge in [0.05, 0.1) is 4.48 Å². The lowest BCUT2D eigenvalue weighted by Crippen LogP contribution is -2.06. The van der Waals surface area contributed by atoms with Crippen molar-refractivity contribution in [1.82, 2.24) is 0 Å².